The Morgan fingerprint density at radius 2 is 1.78 bits per heavy atom. The molecule has 0 N–H and O–H groups in total. The van der Waals surface area contributed by atoms with E-state index in [0.29, 0.717) is 12.2 Å². The van der Waals surface area contributed by atoms with Crippen LogP contribution in [0.25, 0.3) is 0 Å². The molecule has 1 aliphatic rings. The summed E-state index contributed by atoms with van der Waals surface area (Å²) in [6.07, 6.45) is 0.706. The van der Waals surface area contributed by atoms with Crippen molar-refractivity contribution >= 4 is 6.72 Å². The average molecular weight is 128 g/mol. The van der Waals surface area contributed by atoms with Crippen molar-refractivity contribution < 1.29 is 9.31 Å². The van der Waals surface area contributed by atoms with E-state index in [0.717, 1.165) is 13.1 Å². The van der Waals surface area contributed by atoms with Gasteiger partial charge in [0.15, 0.2) is 13.1 Å². The van der Waals surface area contributed by atoms with Crippen molar-refractivity contribution in [1.29, 1.82) is 0 Å². The van der Waals surface area contributed by atoms with Gasteiger partial charge in [0.05, 0.1) is 0 Å². The molecular weight excluding hydrogens is 114 g/mol. The molecule has 1 aliphatic heterocycles. The van der Waals surface area contributed by atoms with Crippen molar-refractivity contribution in [3.8, 4) is 0 Å². The molecule has 0 aliphatic carbocycles. The third-order valence-electron chi connectivity index (χ3n) is 1.50. The predicted octanol–water partition coefficient (Wildman–Crippen LogP) is 0.507. The Morgan fingerprint density at radius 1 is 1.33 bits per heavy atom. The summed E-state index contributed by atoms with van der Waals surface area (Å²) in [6, 6.07) is 0. The fourth-order valence-corrected chi connectivity index (χ4v) is 1.28. The summed E-state index contributed by atoms with van der Waals surface area (Å²) >= 11 is 0. The second kappa shape index (κ2) is 2.48. The topological polar surface area (TPSA) is 12.2 Å². The van der Waals surface area contributed by atoms with Gasteiger partial charge >= 0.3 is 0 Å². The lowest BCUT2D eigenvalue weighted by Crippen LogP contribution is -2.39. The molecule has 9 heavy (non-hydrogen) atoms. The molecule has 0 unspecified atom stereocenters. The van der Waals surface area contributed by atoms with E-state index in [-0.39, 0.29) is 0 Å². The lowest BCUT2D eigenvalue weighted by atomic mass is 10.3. The van der Waals surface area contributed by atoms with Gasteiger partial charge in [-0.2, -0.15) is 0 Å². The monoisotopic (exact) mass is 128 g/mol. The Hall–Kier alpha value is -0.370. The quantitative estimate of drug-likeness (QED) is 0.433. The number of hydrogen-bond acceptors (Lipinski definition) is 1. The van der Waals surface area contributed by atoms with E-state index in [1.165, 1.54) is 0 Å². The van der Waals surface area contributed by atoms with Gasteiger partial charge in [-0.25, -0.2) is 4.58 Å². The minimum atomic E-state index is 0.353. The maximum atomic E-state index is 5.47. The summed E-state index contributed by atoms with van der Waals surface area (Å²) < 4.78 is 7.53. The molecule has 2 heteroatoms. The standard InChI is InChI=1S/C7H14NO/c1-6-4-8(3)5-7(2)9-6/h6-7H,3-5H2,1-2H3/q+1/t6-,7+. The number of morpholine rings is 1. The van der Waals surface area contributed by atoms with Crippen molar-refractivity contribution in [2.24, 2.45) is 0 Å². The van der Waals surface area contributed by atoms with Gasteiger partial charge < -0.3 is 4.74 Å². The number of nitrogens with zero attached hydrogens (tertiary/aromatic N) is 1. The first-order valence-electron chi connectivity index (χ1n) is 3.39. The molecule has 52 valence electrons. The SMILES string of the molecule is C=[N+]1C[C@@H](C)O[C@@H](C)C1. The molecule has 0 radical (unpaired) electrons. The van der Waals surface area contributed by atoms with Crippen LogP contribution in [0.5, 0.6) is 0 Å². The van der Waals surface area contributed by atoms with E-state index in [1.54, 1.807) is 0 Å². The van der Waals surface area contributed by atoms with Crippen molar-refractivity contribution in [3.63, 3.8) is 0 Å². The lowest BCUT2D eigenvalue weighted by Gasteiger charge is -2.22. The molecule has 2 nitrogen and oxygen atoms in total. The molecule has 0 aromatic heterocycles. The van der Waals surface area contributed by atoms with E-state index >= 15 is 0 Å². The van der Waals surface area contributed by atoms with E-state index in [2.05, 4.69) is 25.1 Å². The summed E-state index contributed by atoms with van der Waals surface area (Å²) in [6.45, 7) is 9.93. The third kappa shape index (κ3) is 1.79. The first kappa shape index (κ1) is 6.75. The highest BCUT2D eigenvalue weighted by Crippen LogP contribution is 2.04. The van der Waals surface area contributed by atoms with Crippen LogP contribution in [0, 0.1) is 0 Å². The van der Waals surface area contributed by atoms with Crippen molar-refractivity contribution in [3.05, 3.63) is 0 Å². The fraction of sp³-hybridized carbons (Fsp3) is 0.857. The van der Waals surface area contributed by atoms with Crippen LogP contribution in [0.3, 0.4) is 0 Å². The van der Waals surface area contributed by atoms with E-state index in [1.807, 2.05) is 0 Å². The highest BCUT2D eigenvalue weighted by molar-refractivity contribution is 5.14. The molecular formula is C7H14NO+. The summed E-state index contributed by atoms with van der Waals surface area (Å²) in [5.41, 5.74) is 0. The predicted molar refractivity (Wildman–Crippen MR) is 37.1 cm³/mol. The Labute approximate surface area is 56.1 Å². The molecule has 1 saturated heterocycles. The fourth-order valence-electron chi connectivity index (χ4n) is 1.28. The highest BCUT2D eigenvalue weighted by Gasteiger charge is 2.22. The van der Waals surface area contributed by atoms with E-state index < -0.39 is 0 Å². The molecule has 1 heterocycles. The highest BCUT2D eigenvalue weighted by atomic mass is 16.5. The maximum Gasteiger partial charge on any atom is 0.168 e. The van der Waals surface area contributed by atoms with Crippen LogP contribution in [0.4, 0.5) is 0 Å². The Balaban J connectivity index is 2.43. The van der Waals surface area contributed by atoms with Crippen LogP contribution in [0.1, 0.15) is 13.8 Å². The lowest BCUT2D eigenvalue weighted by molar-refractivity contribution is -0.559. The smallest absolute Gasteiger partial charge is 0.168 e. The van der Waals surface area contributed by atoms with Gasteiger partial charge in [0.1, 0.15) is 18.9 Å². The van der Waals surface area contributed by atoms with Gasteiger partial charge in [0.25, 0.3) is 0 Å². The van der Waals surface area contributed by atoms with Crippen molar-refractivity contribution in [2.75, 3.05) is 13.1 Å². The molecule has 0 amide bonds. The third-order valence-corrected chi connectivity index (χ3v) is 1.50. The first-order chi connectivity index (χ1) is 4.18. The van der Waals surface area contributed by atoms with Crippen molar-refractivity contribution in [1.82, 2.24) is 0 Å². The molecule has 0 aromatic carbocycles. The summed E-state index contributed by atoms with van der Waals surface area (Å²) in [5.74, 6) is 0. The van der Waals surface area contributed by atoms with E-state index in [9.17, 15) is 0 Å². The van der Waals surface area contributed by atoms with Crippen molar-refractivity contribution in [2.45, 2.75) is 26.1 Å². The second-order valence-corrected chi connectivity index (χ2v) is 2.79. The molecule has 2 atom stereocenters. The molecule has 0 aromatic rings. The van der Waals surface area contributed by atoms with Gasteiger partial charge in [0.2, 0.25) is 0 Å². The molecule has 0 bridgehead atoms. The van der Waals surface area contributed by atoms with E-state index in [4.69, 9.17) is 4.74 Å². The molecule has 0 saturated carbocycles. The maximum absolute atomic E-state index is 5.47. The minimum absolute atomic E-state index is 0.353. The van der Waals surface area contributed by atoms with Gasteiger partial charge in [-0.1, -0.05) is 0 Å². The van der Waals surface area contributed by atoms with Crippen LogP contribution < -0.4 is 0 Å². The largest absolute Gasteiger partial charge is 0.362 e. The number of hydrogen-bond donors (Lipinski definition) is 0. The normalized spacial score (nSPS) is 36.9. The minimum Gasteiger partial charge on any atom is -0.362 e. The summed E-state index contributed by atoms with van der Waals surface area (Å²) in [7, 11) is 0. The summed E-state index contributed by atoms with van der Waals surface area (Å²) in [5, 5.41) is 0. The molecule has 0 spiro atoms. The van der Waals surface area contributed by atoms with Crippen LogP contribution in [-0.2, 0) is 4.74 Å². The first-order valence-corrected chi connectivity index (χ1v) is 3.39. The zero-order valence-corrected chi connectivity index (χ0v) is 6.13. The van der Waals surface area contributed by atoms with Gasteiger partial charge in [-0.3, -0.25) is 0 Å². The van der Waals surface area contributed by atoms with Gasteiger partial charge in [0, 0.05) is 0 Å². The van der Waals surface area contributed by atoms with Crippen LogP contribution in [0.15, 0.2) is 0 Å². The van der Waals surface area contributed by atoms with Gasteiger partial charge in [-0.15, -0.1) is 0 Å². The Kier molecular flexibility index (Phi) is 1.86. The Morgan fingerprint density at radius 3 is 2.11 bits per heavy atom. The van der Waals surface area contributed by atoms with Crippen LogP contribution in [-0.4, -0.2) is 36.6 Å². The summed E-state index contributed by atoms with van der Waals surface area (Å²) in [4.78, 5) is 0. The van der Waals surface area contributed by atoms with Crippen LogP contribution >= 0.6 is 0 Å². The Bertz CT molecular complexity index is 110. The molecule has 1 fully saturated rings. The average Bonchev–Trinajstić information content (AvgIpc) is 1.59. The second-order valence-electron chi connectivity index (χ2n) is 2.79. The van der Waals surface area contributed by atoms with Gasteiger partial charge in [-0.05, 0) is 13.8 Å². The number of rotatable bonds is 0. The molecule has 1 rings (SSSR count). The zero-order valence-electron chi connectivity index (χ0n) is 6.13. The zero-order chi connectivity index (χ0) is 6.85. The van der Waals surface area contributed by atoms with Crippen LogP contribution in [0.2, 0.25) is 0 Å². The number of ether oxygens (including phenoxy) is 1.